The highest BCUT2D eigenvalue weighted by molar-refractivity contribution is 5.90. The minimum atomic E-state index is -1.43. The molecule has 4 saturated heterocycles. The molecule has 0 radical (unpaired) electrons. The second kappa shape index (κ2) is 12.1. The van der Waals surface area contributed by atoms with Crippen LogP contribution in [-0.2, 0) is 23.7 Å². The van der Waals surface area contributed by atoms with Gasteiger partial charge in [0.1, 0.15) is 35.9 Å². The standard InChI is InChI=1S/C25H46N6O10/c1-23(35)9-38-21(17(34)20(23)28-2)39-19-14(30-22(27)24(36)10-37-11-24)7-13(26)18(16(19)33)41-25-15(31-25)4-3-12(40-25)8-29-5-6-32/h12-21,28-29,31-36H,3-11,26H2,1-2H3,(H2,27,30). The normalized spacial score (nSPS) is 47.9. The predicted octanol–water partition coefficient (Wildman–Crippen LogP) is -5.22. The minimum absolute atomic E-state index is 0.00839. The first-order valence-corrected chi connectivity index (χ1v) is 14.3. The summed E-state index contributed by atoms with van der Waals surface area (Å²) in [7, 11) is 1.60. The Labute approximate surface area is 238 Å². The lowest BCUT2D eigenvalue weighted by Crippen LogP contribution is -2.68. The van der Waals surface area contributed by atoms with E-state index in [2.05, 4.69) is 20.9 Å². The molecule has 5 fully saturated rings. The molecule has 5 rings (SSSR count). The Morgan fingerprint density at radius 2 is 1.90 bits per heavy atom. The van der Waals surface area contributed by atoms with Gasteiger partial charge in [-0.1, -0.05) is 0 Å². The van der Waals surface area contributed by atoms with Gasteiger partial charge < -0.3 is 71.3 Å². The summed E-state index contributed by atoms with van der Waals surface area (Å²) in [6.07, 6.45) is -4.35. The summed E-state index contributed by atoms with van der Waals surface area (Å²) in [6.45, 7) is 2.38. The van der Waals surface area contributed by atoms with Gasteiger partial charge in [0.2, 0.25) is 5.91 Å². The van der Waals surface area contributed by atoms with Gasteiger partial charge in [0.15, 0.2) is 11.9 Å². The smallest absolute Gasteiger partial charge is 0.244 e. The second-order valence-electron chi connectivity index (χ2n) is 12.1. The van der Waals surface area contributed by atoms with Crippen molar-refractivity contribution in [2.45, 2.75) is 104 Å². The van der Waals surface area contributed by atoms with Crippen molar-refractivity contribution in [1.29, 1.82) is 0 Å². The number of aliphatic hydroxyl groups excluding tert-OH is 3. The highest BCUT2D eigenvalue weighted by Crippen LogP contribution is 2.43. The SMILES string of the molecule is CNC1C(O)C(OC2C(N=C(N)C3(O)COC3)CC(N)C(OC34NC3CCC(CNCCO)O4)C2O)OCC1(C)O. The topological polar surface area (TPSA) is 258 Å². The highest BCUT2D eigenvalue weighted by Gasteiger charge is 2.63. The molecule has 0 amide bonds. The molecule has 12 atom stereocenters. The maximum absolute atomic E-state index is 11.6. The van der Waals surface area contributed by atoms with Crippen LogP contribution in [0.3, 0.4) is 0 Å². The van der Waals surface area contributed by atoms with Crippen molar-refractivity contribution in [3.8, 4) is 0 Å². The van der Waals surface area contributed by atoms with Crippen LogP contribution < -0.4 is 27.4 Å². The molecule has 16 heteroatoms. The van der Waals surface area contributed by atoms with Crippen LogP contribution in [0.25, 0.3) is 0 Å². The maximum atomic E-state index is 11.6. The monoisotopic (exact) mass is 590 g/mol. The number of aliphatic hydroxyl groups is 5. The molecule has 1 aliphatic carbocycles. The summed E-state index contributed by atoms with van der Waals surface area (Å²) in [6, 6.07) is -2.38. The summed E-state index contributed by atoms with van der Waals surface area (Å²) in [4.78, 5) is 4.50. The summed E-state index contributed by atoms with van der Waals surface area (Å²) >= 11 is 0. The highest BCUT2D eigenvalue weighted by atomic mass is 16.8. The summed E-state index contributed by atoms with van der Waals surface area (Å²) in [5, 5.41) is 62.3. The van der Waals surface area contributed by atoms with Gasteiger partial charge in [-0.2, -0.15) is 0 Å². The largest absolute Gasteiger partial charge is 0.395 e. The van der Waals surface area contributed by atoms with Gasteiger partial charge in [-0.05, 0) is 33.2 Å². The Balaban J connectivity index is 1.34. The van der Waals surface area contributed by atoms with E-state index in [1.165, 1.54) is 6.92 Å². The number of fused-ring (bicyclic) bond motifs is 1. The molecule has 16 nitrogen and oxygen atoms in total. The summed E-state index contributed by atoms with van der Waals surface area (Å²) in [5.74, 6) is -1.19. The Morgan fingerprint density at radius 1 is 1.15 bits per heavy atom. The molecule has 12 N–H and O–H groups in total. The zero-order chi connectivity index (χ0) is 29.6. The van der Waals surface area contributed by atoms with Gasteiger partial charge in [-0.15, -0.1) is 0 Å². The molecule has 41 heavy (non-hydrogen) atoms. The number of hydrogen-bond donors (Lipinski definition) is 10. The number of nitrogens with one attached hydrogen (secondary N) is 3. The Bertz CT molecular complexity index is 943. The number of nitrogens with zero attached hydrogens (tertiary/aromatic N) is 1. The van der Waals surface area contributed by atoms with Crippen LogP contribution in [0.5, 0.6) is 0 Å². The molecule has 4 aliphatic heterocycles. The quantitative estimate of drug-likeness (QED) is 0.0467. The number of rotatable bonds is 11. The van der Waals surface area contributed by atoms with E-state index in [0.29, 0.717) is 13.1 Å². The predicted molar refractivity (Wildman–Crippen MR) is 142 cm³/mol. The molecule has 0 aromatic heterocycles. The van der Waals surface area contributed by atoms with Gasteiger partial charge >= 0.3 is 0 Å². The van der Waals surface area contributed by atoms with Gasteiger partial charge in [0.25, 0.3) is 0 Å². The van der Waals surface area contributed by atoms with Crippen molar-refractivity contribution in [1.82, 2.24) is 16.0 Å². The molecule has 0 aromatic carbocycles. The summed E-state index contributed by atoms with van der Waals surface area (Å²) in [5.41, 5.74) is 9.89. The van der Waals surface area contributed by atoms with Crippen LogP contribution in [0.15, 0.2) is 4.99 Å². The van der Waals surface area contributed by atoms with Gasteiger partial charge in [0, 0.05) is 19.1 Å². The van der Waals surface area contributed by atoms with Crippen LogP contribution in [0.4, 0.5) is 0 Å². The van der Waals surface area contributed by atoms with E-state index in [1.807, 2.05) is 0 Å². The minimum Gasteiger partial charge on any atom is -0.395 e. The number of amidine groups is 1. The zero-order valence-electron chi connectivity index (χ0n) is 23.5. The Kier molecular flexibility index (Phi) is 9.27. The Hall–Kier alpha value is -1.09. The molecule has 5 aliphatic rings. The second-order valence-corrected chi connectivity index (χ2v) is 12.1. The zero-order valence-corrected chi connectivity index (χ0v) is 23.5. The van der Waals surface area contributed by atoms with Crippen LogP contribution in [-0.4, -0.2) is 156 Å². The van der Waals surface area contributed by atoms with Crippen molar-refractivity contribution in [3.05, 3.63) is 0 Å². The molecular weight excluding hydrogens is 544 g/mol. The van der Waals surface area contributed by atoms with Crippen LogP contribution in [0, 0.1) is 0 Å². The Morgan fingerprint density at radius 3 is 2.56 bits per heavy atom. The van der Waals surface area contributed by atoms with Crippen molar-refractivity contribution >= 4 is 5.84 Å². The maximum Gasteiger partial charge on any atom is 0.244 e. The molecule has 4 heterocycles. The lowest BCUT2D eigenvalue weighted by atomic mass is 9.83. The van der Waals surface area contributed by atoms with Crippen LogP contribution >= 0.6 is 0 Å². The fourth-order valence-corrected chi connectivity index (χ4v) is 6.20. The van der Waals surface area contributed by atoms with E-state index in [1.54, 1.807) is 7.05 Å². The number of aliphatic imine (C=N–C) groups is 1. The molecule has 0 bridgehead atoms. The van der Waals surface area contributed by atoms with Gasteiger partial charge in [-0.3, -0.25) is 10.3 Å². The molecule has 12 unspecified atom stereocenters. The molecule has 1 saturated carbocycles. The van der Waals surface area contributed by atoms with E-state index in [0.717, 1.165) is 12.8 Å². The fourth-order valence-electron chi connectivity index (χ4n) is 6.20. The first kappa shape index (κ1) is 31.3. The number of likely N-dealkylation sites (N-methyl/N-ethyl adjacent to an activating group) is 1. The average Bonchev–Trinajstić information content (AvgIpc) is 3.62. The van der Waals surface area contributed by atoms with Crippen LogP contribution in [0.2, 0.25) is 0 Å². The molecular formula is C25H46N6O10. The first-order valence-electron chi connectivity index (χ1n) is 14.3. The van der Waals surface area contributed by atoms with Crippen molar-refractivity contribution in [3.63, 3.8) is 0 Å². The number of nitrogens with two attached hydrogens (primary N) is 2. The van der Waals surface area contributed by atoms with E-state index >= 15 is 0 Å². The van der Waals surface area contributed by atoms with Gasteiger partial charge in [0.05, 0.1) is 50.7 Å². The first-order chi connectivity index (χ1) is 19.4. The van der Waals surface area contributed by atoms with Gasteiger partial charge in [-0.25, -0.2) is 0 Å². The summed E-state index contributed by atoms with van der Waals surface area (Å²) < 4.78 is 29.5. The van der Waals surface area contributed by atoms with E-state index < -0.39 is 65.9 Å². The number of hydrogen-bond acceptors (Lipinski definition) is 15. The number of ether oxygens (including phenoxy) is 5. The fraction of sp³-hybridized carbons (Fsp3) is 0.960. The molecule has 0 aromatic rings. The average molecular weight is 591 g/mol. The third kappa shape index (κ3) is 6.28. The third-order valence-electron chi connectivity index (χ3n) is 8.73. The van der Waals surface area contributed by atoms with Crippen LogP contribution in [0.1, 0.15) is 26.2 Å². The lowest BCUT2D eigenvalue weighted by Gasteiger charge is -2.48. The third-order valence-corrected chi connectivity index (χ3v) is 8.73. The molecule has 236 valence electrons. The molecule has 0 spiro atoms. The van der Waals surface area contributed by atoms with E-state index in [4.69, 9.17) is 40.3 Å². The van der Waals surface area contributed by atoms with Crippen molar-refractivity contribution in [2.24, 2.45) is 16.5 Å². The lowest BCUT2D eigenvalue weighted by molar-refractivity contribution is -0.309. The van der Waals surface area contributed by atoms with E-state index in [-0.39, 0.29) is 50.8 Å². The van der Waals surface area contributed by atoms with E-state index in [9.17, 15) is 20.4 Å². The van der Waals surface area contributed by atoms with Crippen molar-refractivity contribution < 1.29 is 49.2 Å². The van der Waals surface area contributed by atoms with Crippen molar-refractivity contribution in [2.75, 3.05) is 46.6 Å².